The summed E-state index contributed by atoms with van der Waals surface area (Å²) in [5.74, 6) is 0.208. The van der Waals surface area contributed by atoms with E-state index in [0.29, 0.717) is 18.3 Å². The van der Waals surface area contributed by atoms with Gasteiger partial charge in [0.2, 0.25) is 0 Å². The number of hydrogen-bond acceptors (Lipinski definition) is 6. The number of Topliss-reactive ketones (excluding diaryl/α,β-unsaturated/α-hetero) is 1. The van der Waals surface area contributed by atoms with Crippen molar-refractivity contribution in [2.75, 3.05) is 0 Å². The van der Waals surface area contributed by atoms with Crippen molar-refractivity contribution in [3.63, 3.8) is 0 Å². The first-order chi connectivity index (χ1) is 17.5. The Balaban J connectivity index is 1.31. The zero-order valence-corrected chi connectivity index (χ0v) is 24.8. The number of epoxide rings is 1. The third kappa shape index (κ3) is 3.12. The highest BCUT2D eigenvalue weighted by atomic mass is 16.6. The van der Waals surface area contributed by atoms with Crippen LogP contribution in [0.25, 0.3) is 0 Å². The molecule has 6 aliphatic rings. The van der Waals surface area contributed by atoms with Gasteiger partial charge in [0, 0.05) is 18.3 Å². The van der Waals surface area contributed by atoms with Crippen LogP contribution in [0.15, 0.2) is 0 Å². The zero-order chi connectivity index (χ0) is 27.8. The van der Waals surface area contributed by atoms with E-state index in [0.717, 1.165) is 38.5 Å². The molecule has 0 radical (unpaired) electrons. The van der Waals surface area contributed by atoms with Gasteiger partial charge in [-0.05, 0) is 105 Å². The molecule has 0 unspecified atom stereocenters. The van der Waals surface area contributed by atoms with Gasteiger partial charge in [-0.25, -0.2) is 0 Å². The van der Waals surface area contributed by atoms with Gasteiger partial charge in [0.05, 0.1) is 11.7 Å². The number of hydrogen-bond donors (Lipinski definition) is 2. The van der Waals surface area contributed by atoms with Gasteiger partial charge in [0.15, 0.2) is 5.78 Å². The highest BCUT2D eigenvalue weighted by Gasteiger charge is 2.84. The predicted octanol–water partition coefficient (Wildman–Crippen LogP) is 5.07. The summed E-state index contributed by atoms with van der Waals surface area (Å²) in [4.78, 5) is 26.0. The number of carbonyl (C=O) groups is 2. The molecule has 214 valence electrons. The van der Waals surface area contributed by atoms with E-state index in [1.807, 2.05) is 13.8 Å². The molecule has 2 spiro atoms. The van der Waals surface area contributed by atoms with Crippen LogP contribution in [-0.2, 0) is 19.1 Å². The molecule has 0 aromatic heterocycles. The number of ether oxygens (including phenoxy) is 2. The van der Waals surface area contributed by atoms with Crippen LogP contribution < -0.4 is 0 Å². The molecular weight excluding hydrogens is 480 g/mol. The summed E-state index contributed by atoms with van der Waals surface area (Å²) < 4.78 is 11.6. The third-order valence-corrected chi connectivity index (χ3v) is 14.0. The maximum absolute atomic E-state index is 14.0. The fourth-order valence-electron chi connectivity index (χ4n) is 11.9. The first kappa shape index (κ1) is 27.2. The maximum atomic E-state index is 14.0. The van der Waals surface area contributed by atoms with Crippen molar-refractivity contribution in [3.8, 4) is 0 Å². The van der Waals surface area contributed by atoms with Crippen LogP contribution >= 0.6 is 0 Å². The van der Waals surface area contributed by atoms with Gasteiger partial charge < -0.3 is 19.7 Å². The Hall–Kier alpha value is -0.980. The molecule has 1 heterocycles. The van der Waals surface area contributed by atoms with Crippen molar-refractivity contribution in [1.29, 1.82) is 0 Å². The standard InChI is InChI=1S/C32H50O6/c1-17(15-19(37-18(2)33)26-28(5,6)38-26)23-24(35)25(36)30(8)21-10-9-20-27(3,4)22(34)11-12-31(20)16-32(21,31)14-13-29(23,30)7/h17,19-23,25-26,34,36H,9-16H2,1-8H3/t17-,19-,20+,21+,22+,23+,25+,26+,29-,30-,31-,32+/m1/s1. The lowest BCUT2D eigenvalue weighted by Gasteiger charge is -2.63. The Morgan fingerprint density at radius 1 is 1.00 bits per heavy atom. The lowest BCUT2D eigenvalue weighted by Crippen LogP contribution is -2.59. The van der Waals surface area contributed by atoms with Gasteiger partial charge in [-0.3, -0.25) is 9.59 Å². The maximum Gasteiger partial charge on any atom is 0.302 e. The fourth-order valence-corrected chi connectivity index (χ4v) is 11.9. The molecule has 6 rings (SSSR count). The summed E-state index contributed by atoms with van der Waals surface area (Å²) in [5, 5.41) is 22.7. The van der Waals surface area contributed by atoms with Crippen LogP contribution in [0.5, 0.6) is 0 Å². The lowest BCUT2D eigenvalue weighted by molar-refractivity contribution is -0.182. The molecule has 6 fully saturated rings. The molecule has 2 N–H and O–H groups in total. The second-order valence-electron chi connectivity index (χ2n) is 16.0. The minimum absolute atomic E-state index is 0.00618. The molecule has 12 atom stereocenters. The number of fused-ring (bicyclic) bond motifs is 2. The lowest BCUT2D eigenvalue weighted by atomic mass is 9.41. The van der Waals surface area contributed by atoms with Crippen LogP contribution in [0.1, 0.15) is 107 Å². The Morgan fingerprint density at radius 2 is 1.61 bits per heavy atom. The van der Waals surface area contributed by atoms with Gasteiger partial charge in [-0.2, -0.15) is 0 Å². The van der Waals surface area contributed by atoms with Crippen LogP contribution in [-0.4, -0.2) is 52.0 Å². The van der Waals surface area contributed by atoms with Crippen molar-refractivity contribution >= 4 is 11.8 Å². The number of esters is 1. The van der Waals surface area contributed by atoms with E-state index in [2.05, 4.69) is 34.6 Å². The smallest absolute Gasteiger partial charge is 0.302 e. The monoisotopic (exact) mass is 530 g/mol. The molecule has 0 aromatic rings. The van der Waals surface area contributed by atoms with Crippen LogP contribution in [0.2, 0.25) is 0 Å². The Morgan fingerprint density at radius 3 is 2.21 bits per heavy atom. The summed E-state index contributed by atoms with van der Waals surface area (Å²) in [6.45, 7) is 16.6. The summed E-state index contributed by atoms with van der Waals surface area (Å²) in [6, 6.07) is 0. The molecule has 1 saturated heterocycles. The normalized spacial score (nSPS) is 53.1. The van der Waals surface area contributed by atoms with Crippen molar-refractivity contribution in [3.05, 3.63) is 0 Å². The molecule has 0 bridgehead atoms. The van der Waals surface area contributed by atoms with Crippen molar-refractivity contribution in [1.82, 2.24) is 0 Å². The van der Waals surface area contributed by atoms with E-state index >= 15 is 0 Å². The van der Waals surface area contributed by atoms with E-state index < -0.39 is 11.5 Å². The van der Waals surface area contributed by atoms with E-state index in [4.69, 9.17) is 9.47 Å². The highest BCUT2D eigenvalue weighted by molar-refractivity contribution is 5.90. The molecule has 6 nitrogen and oxygen atoms in total. The molecule has 0 amide bonds. The van der Waals surface area contributed by atoms with Crippen LogP contribution in [0, 0.1) is 50.7 Å². The minimum Gasteiger partial charge on any atom is -0.460 e. The molecule has 1 aliphatic heterocycles. The van der Waals surface area contributed by atoms with Crippen LogP contribution in [0.3, 0.4) is 0 Å². The summed E-state index contributed by atoms with van der Waals surface area (Å²) in [7, 11) is 0. The SMILES string of the molecule is CC(=O)O[C@H](C[C@@H](C)[C@H]1C(=O)[C@H](O)[C@@]2(C)[C@@H]3CC[C@H]4C(C)(C)[C@@H](O)CC[C@@]45C[C@@]35CC[C@]12C)[C@@H]1OC1(C)C. The highest BCUT2D eigenvalue weighted by Crippen LogP contribution is 2.88. The molecule has 6 heteroatoms. The van der Waals surface area contributed by atoms with Gasteiger partial charge in [0.1, 0.15) is 18.3 Å². The van der Waals surface area contributed by atoms with Gasteiger partial charge in [0.25, 0.3) is 0 Å². The second-order valence-corrected chi connectivity index (χ2v) is 16.0. The third-order valence-electron chi connectivity index (χ3n) is 14.0. The average Bonchev–Trinajstić information content (AvgIpc) is 3.66. The van der Waals surface area contributed by atoms with Gasteiger partial charge >= 0.3 is 5.97 Å². The topological polar surface area (TPSA) is 96.4 Å². The van der Waals surface area contributed by atoms with Crippen molar-refractivity contribution in [2.45, 2.75) is 137 Å². The van der Waals surface area contributed by atoms with Crippen molar-refractivity contribution in [2.24, 2.45) is 50.7 Å². The average molecular weight is 531 g/mol. The Labute approximate surface area is 228 Å². The second kappa shape index (κ2) is 7.85. The van der Waals surface area contributed by atoms with Crippen LogP contribution in [0.4, 0.5) is 0 Å². The largest absolute Gasteiger partial charge is 0.460 e. The number of aliphatic hydroxyl groups excluding tert-OH is 2. The first-order valence-electron chi connectivity index (χ1n) is 15.2. The molecular formula is C32H50O6. The number of carbonyl (C=O) groups excluding carboxylic acids is 2. The Bertz CT molecular complexity index is 1050. The number of rotatable bonds is 5. The van der Waals surface area contributed by atoms with E-state index in [9.17, 15) is 19.8 Å². The predicted molar refractivity (Wildman–Crippen MR) is 143 cm³/mol. The number of aliphatic hydroxyl groups is 2. The van der Waals surface area contributed by atoms with Gasteiger partial charge in [-0.1, -0.05) is 34.6 Å². The molecule has 5 saturated carbocycles. The molecule has 5 aliphatic carbocycles. The Kier molecular flexibility index (Phi) is 5.62. The van der Waals surface area contributed by atoms with E-state index in [-0.39, 0.29) is 69.2 Å². The van der Waals surface area contributed by atoms with E-state index in [1.54, 1.807) is 0 Å². The zero-order valence-electron chi connectivity index (χ0n) is 24.8. The fraction of sp³-hybridized carbons (Fsp3) is 0.938. The summed E-state index contributed by atoms with van der Waals surface area (Å²) in [5.41, 5.74) is -0.741. The number of ketones is 1. The van der Waals surface area contributed by atoms with Crippen molar-refractivity contribution < 1.29 is 29.3 Å². The summed E-state index contributed by atoms with van der Waals surface area (Å²) in [6.07, 6.45) is 6.12. The minimum atomic E-state index is -0.959. The quantitative estimate of drug-likeness (QED) is 0.381. The first-order valence-corrected chi connectivity index (χ1v) is 15.2. The van der Waals surface area contributed by atoms with Gasteiger partial charge in [-0.15, -0.1) is 0 Å². The molecule has 0 aromatic carbocycles. The van der Waals surface area contributed by atoms with E-state index in [1.165, 1.54) is 13.3 Å². The summed E-state index contributed by atoms with van der Waals surface area (Å²) >= 11 is 0. The molecule has 38 heavy (non-hydrogen) atoms.